The fourth-order valence-electron chi connectivity index (χ4n) is 2.71. The molecule has 0 unspecified atom stereocenters. The van der Waals surface area contributed by atoms with E-state index in [9.17, 15) is 4.79 Å². The van der Waals surface area contributed by atoms with Crippen LogP contribution in [0, 0.1) is 0 Å². The Bertz CT molecular complexity index is 677. The van der Waals surface area contributed by atoms with Gasteiger partial charge in [0.05, 0.1) is 12.2 Å². The van der Waals surface area contributed by atoms with Crippen LogP contribution in [0.1, 0.15) is 28.9 Å². The minimum Gasteiger partial charge on any atom is -0.371 e. The molecule has 0 spiro atoms. The van der Waals surface area contributed by atoms with Crippen LogP contribution in [-0.4, -0.2) is 28.8 Å². The highest BCUT2D eigenvalue weighted by Crippen LogP contribution is 2.26. The van der Waals surface area contributed by atoms with Gasteiger partial charge in [0.2, 0.25) is 0 Å². The molecule has 0 bridgehead atoms. The molecule has 0 aliphatic carbocycles. The van der Waals surface area contributed by atoms with E-state index in [1.54, 1.807) is 10.9 Å². The summed E-state index contributed by atoms with van der Waals surface area (Å²) in [6.07, 6.45) is 4.16. The molecule has 1 aliphatic rings. The van der Waals surface area contributed by atoms with Crippen LogP contribution in [0.15, 0.2) is 34.9 Å². The molecule has 1 saturated heterocycles. The Balaban J connectivity index is 1.73. The molecule has 1 amide bonds. The summed E-state index contributed by atoms with van der Waals surface area (Å²) in [4.78, 5) is 14.7. The summed E-state index contributed by atoms with van der Waals surface area (Å²) in [7, 11) is 1.87. The van der Waals surface area contributed by atoms with E-state index >= 15 is 0 Å². The van der Waals surface area contributed by atoms with E-state index in [-0.39, 0.29) is 5.91 Å². The maximum atomic E-state index is 12.4. The molecule has 1 fully saturated rings. The van der Waals surface area contributed by atoms with Crippen molar-refractivity contribution in [3.8, 4) is 0 Å². The Hall–Kier alpha value is -1.82. The van der Waals surface area contributed by atoms with E-state index in [1.165, 1.54) is 12.8 Å². The van der Waals surface area contributed by atoms with Gasteiger partial charge in [-0.3, -0.25) is 9.48 Å². The SMILES string of the molecule is Cn1nccc1CNC(=O)c1cc(Br)cc(N2CCCC2)c1. The molecule has 1 N–H and O–H groups in total. The quantitative estimate of drug-likeness (QED) is 0.909. The fraction of sp³-hybridized carbons (Fsp3) is 0.375. The molecule has 2 heterocycles. The van der Waals surface area contributed by atoms with Gasteiger partial charge in [-0.1, -0.05) is 15.9 Å². The number of benzene rings is 1. The average Bonchev–Trinajstić information content (AvgIpc) is 3.15. The normalized spacial score (nSPS) is 14.4. The molecule has 0 radical (unpaired) electrons. The van der Waals surface area contributed by atoms with Crippen molar-refractivity contribution in [2.75, 3.05) is 18.0 Å². The van der Waals surface area contributed by atoms with Crippen LogP contribution in [0.4, 0.5) is 5.69 Å². The van der Waals surface area contributed by atoms with Gasteiger partial charge < -0.3 is 10.2 Å². The Morgan fingerprint density at radius 2 is 2.09 bits per heavy atom. The lowest BCUT2D eigenvalue weighted by Crippen LogP contribution is -2.25. The van der Waals surface area contributed by atoms with Crippen molar-refractivity contribution in [2.45, 2.75) is 19.4 Å². The number of halogens is 1. The maximum absolute atomic E-state index is 12.4. The Morgan fingerprint density at radius 1 is 1.32 bits per heavy atom. The first-order valence-corrected chi connectivity index (χ1v) is 8.23. The highest BCUT2D eigenvalue weighted by atomic mass is 79.9. The van der Waals surface area contributed by atoms with Gasteiger partial charge in [0.1, 0.15) is 0 Å². The third kappa shape index (κ3) is 3.32. The van der Waals surface area contributed by atoms with E-state index in [4.69, 9.17) is 0 Å². The molecule has 116 valence electrons. The molecular weight excluding hydrogens is 344 g/mol. The largest absolute Gasteiger partial charge is 0.371 e. The number of amides is 1. The van der Waals surface area contributed by atoms with Gasteiger partial charge >= 0.3 is 0 Å². The number of anilines is 1. The van der Waals surface area contributed by atoms with Crippen molar-refractivity contribution in [1.82, 2.24) is 15.1 Å². The molecule has 5 nitrogen and oxygen atoms in total. The van der Waals surface area contributed by atoms with Crippen LogP contribution < -0.4 is 10.2 Å². The van der Waals surface area contributed by atoms with Crippen LogP contribution in [0.3, 0.4) is 0 Å². The third-order valence-electron chi connectivity index (χ3n) is 3.97. The van der Waals surface area contributed by atoms with Gasteiger partial charge in [0.25, 0.3) is 5.91 Å². The standard InChI is InChI=1S/C16H19BrN4O/c1-20-14(4-5-19-20)11-18-16(22)12-8-13(17)10-15(9-12)21-6-2-3-7-21/h4-5,8-10H,2-3,6-7,11H2,1H3,(H,18,22). The molecule has 0 saturated carbocycles. The maximum Gasteiger partial charge on any atom is 0.251 e. The third-order valence-corrected chi connectivity index (χ3v) is 4.43. The van der Waals surface area contributed by atoms with Crippen molar-refractivity contribution >= 4 is 27.5 Å². The lowest BCUT2D eigenvalue weighted by atomic mass is 10.1. The lowest BCUT2D eigenvalue weighted by Gasteiger charge is -2.19. The molecule has 3 rings (SSSR count). The van der Waals surface area contributed by atoms with Crippen LogP contribution in [0.2, 0.25) is 0 Å². The first-order valence-electron chi connectivity index (χ1n) is 7.44. The topological polar surface area (TPSA) is 50.2 Å². The first-order chi connectivity index (χ1) is 10.6. The number of rotatable bonds is 4. The zero-order valence-electron chi connectivity index (χ0n) is 12.6. The predicted molar refractivity (Wildman–Crippen MR) is 90.0 cm³/mol. The van der Waals surface area contributed by atoms with Gasteiger partial charge in [-0.25, -0.2) is 0 Å². The van der Waals surface area contributed by atoms with Crippen LogP contribution >= 0.6 is 15.9 Å². The molecule has 2 aromatic rings. The molecule has 1 aromatic carbocycles. The highest BCUT2D eigenvalue weighted by molar-refractivity contribution is 9.10. The zero-order valence-corrected chi connectivity index (χ0v) is 14.1. The number of hydrogen-bond donors (Lipinski definition) is 1. The van der Waals surface area contributed by atoms with Crippen molar-refractivity contribution in [3.05, 3.63) is 46.2 Å². The summed E-state index contributed by atoms with van der Waals surface area (Å²) in [6, 6.07) is 7.80. The highest BCUT2D eigenvalue weighted by Gasteiger charge is 2.15. The van der Waals surface area contributed by atoms with Crippen molar-refractivity contribution < 1.29 is 4.79 Å². The Morgan fingerprint density at radius 3 is 2.77 bits per heavy atom. The number of carbonyl (C=O) groups excluding carboxylic acids is 1. The molecule has 1 aromatic heterocycles. The smallest absolute Gasteiger partial charge is 0.251 e. The molecule has 22 heavy (non-hydrogen) atoms. The van der Waals surface area contributed by atoms with Gasteiger partial charge in [-0.15, -0.1) is 0 Å². The van der Waals surface area contributed by atoms with Crippen LogP contribution in [0.5, 0.6) is 0 Å². The summed E-state index contributed by atoms with van der Waals surface area (Å²) in [5.74, 6) is -0.0667. The fourth-order valence-corrected chi connectivity index (χ4v) is 3.19. The van der Waals surface area contributed by atoms with E-state index in [2.05, 4.69) is 37.3 Å². The van der Waals surface area contributed by atoms with Gasteiger partial charge in [0, 0.05) is 42.1 Å². The first kappa shape index (κ1) is 15.1. The minimum atomic E-state index is -0.0667. The summed E-state index contributed by atoms with van der Waals surface area (Å²) >= 11 is 3.51. The Kier molecular flexibility index (Phi) is 4.47. The van der Waals surface area contributed by atoms with Crippen molar-refractivity contribution in [2.24, 2.45) is 7.05 Å². The number of nitrogens with one attached hydrogen (secondary N) is 1. The minimum absolute atomic E-state index is 0.0667. The second-order valence-electron chi connectivity index (χ2n) is 5.52. The molecule has 6 heteroatoms. The lowest BCUT2D eigenvalue weighted by molar-refractivity contribution is 0.0950. The summed E-state index contributed by atoms with van der Waals surface area (Å²) in [5, 5.41) is 7.05. The second kappa shape index (κ2) is 6.52. The van der Waals surface area contributed by atoms with Crippen molar-refractivity contribution in [1.29, 1.82) is 0 Å². The number of hydrogen-bond acceptors (Lipinski definition) is 3. The van der Waals surface area contributed by atoms with Gasteiger partial charge in [-0.05, 0) is 37.1 Å². The predicted octanol–water partition coefficient (Wildman–Crippen LogP) is 2.71. The molecule has 0 atom stereocenters. The summed E-state index contributed by atoms with van der Waals surface area (Å²) in [6.45, 7) is 2.60. The zero-order chi connectivity index (χ0) is 15.5. The van der Waals surface area contributed by atoms with E-state index in [0.29, 0.717) is 12.1 Å². The second-order valence-corrected chi connectivity index (χ2v) is 6.44. The number of aromatic nitrogens is 2. The van der Waals surface area contributed by atoms with Gasteiger partial charge in [-0.2, -0.15) is 5.10 Å². The van der Waals surface area contributed by atoms with Crippen LogP contribution in [-0.2, 0) is 13.6 Å². The molecular formula is C16H19BrN4O. The number of carbonyl (C=O) groups is 1. The van der Waals surface area contributed by atoms with Crippen molar-refractivity contribution in [3.63, 3.8) is 0 Å². The van der Waals surface area contributed by atoms with Crippen LogP contribution in [0.25, 0.3) is 0 Å². The monoisotopic (exact) mass is 362 g/mol. The average molecular weight is 363 g/mol. The summed E-state index contributed by atoms with van der Waals surface area (Å²) in [5.41, 5.74) is 2.76. The molecule has 1 aliphatic heterocycles. The number of nitrogens with zero attached hydrogens (tertiary/aromatic N) is 3. The van der Waals surface area contributed by atoms with E-state index in [1.807, 2.05) is 25.2 Å². The van der Waals surface area contributed by atoms with E-state index in [0.717, 1.165) is 28.9 Å². The summed E-state index contributed by atoms with van der Waals surface area (Å²) < 4.78 is 2.69. The van der Waals surface area contributed by atoms with E-state index < -0.39 is 0 Å². The number of aryl methyl sites for hydroxylation is 1. The Labute approximate surface area is 138 Å². The van der Waals surface area contributed by atoms with Gasteiger partial charge in [0.15, 0.2) is 0 Å².